The quantitative estimate of drug-likeness (QED) is 0.591. The minimum Gasteiger partial charge on any atom is -0.505 e. The van der Waals surface area contributed by atoms with Crippen molar-refractivity contribution >= 4 is 23.0 Å². The number of carbonyl (C=O) groups excluding carboxylic acids is 1. The van der Waals surface area contributed by atoms with E-state index in [1.54, 1.807) is 18.2 Å². The third-order valence-electron chi connectivity index (χ3n) is 2.95. The van der Waals surface area contributed by atoms with E-state index < -0.39 is 5.91 Å². The normalized spacial score (nSPS) is 10.1. The van der Waals surface area contributed by atoms with Gasteiger partial charge in [-0.2, -0.15) is 0 Å². The van der Waals surface area contributed by atoms with E-state index in [2.05, 4.69) is 5.32 Å². The smallest absolute Gasteiger partial charge is 0.259 e. The van der Waals surface area contributed by atoms with Gasteiger partial charge in [0.15, 0.2) is 5.75 Å². The predicted molar refractivity (Wildman–Crippen MR) is 81.2 cm³/mol. The van der Waals surface area contributed by atoms with Crippen LogP contribution in [0.2, 0.25) is 0 Å². The zero-order valence-electron chi connectivity index (χ0n) is 11.4. The van der Waals surface area contributed by atoms with Crippen LogP contribution in [0.5, 0.6) is 5.75 Å². The summed E-state index contributed by atoms with van der Waals surface area (Å²) in [5.74, 6) is -0.601. The number of benzene rings is 2. The zero-order valence-corrected chi connectivity index (χ0v) is 11.4. The molecule has 0 aliphatic rings. The fourth-order valence-electron chi connectivity index (χ4n) is 1.90. The molecule has 0 radical (unpaired) electrons. The Hall–Kier alpha value is -2.69. The summed E-state index contributed by atoms with van der Waals surface area (Å²) >= 11 is 0. The minimum atomic E-state index is -0.399. The number of anilines is 3. The summed E-state index contributed by atoms with van der Waals surface area (Å²) in [6.45, 7) is 0. The molecule has 5 heteroatoms. The van der Waals surface area contributed by atoms with Crippen LogP contribution in [0.1, 0.15) is 10.4 Å². The number of carbonyl (C=O) groups is 1. The number of nitrogens with one attached hydrogen (secondary N) is 1. The Morgan fingerprint density at radius 1 is 1.15 bits per heavy atom. The van der Waals surface area contributed by atoms with Crippen molar-refractivity contribution in [2.75, 3.05) is 30.0 Å². The molecule has 0 aliphatic heterocycles. The SMILES string of the molecule is CN(C)c1ccccc1NC(=O)c1cccc(N)c1O. The number of phenolic OH excluding ortho intramolecular Hbond substituents is 1. The number of aromatic hydroxyl groups is 1. The maximum Gasteiger partial charge on any atom is 0.259 e. The van der Waals surface area contributed by atoms with Gasteiger partial charge in [-0.05, 0) is 24.3 Å². The third kappa shape index (κ3) is 2.66. The maximum absolute atomic E-state index is 12.2. The topological polar surface area (TPSA) is 78.6 Å². The summed E-state index contributed by atoms with van der Waals surface area (Å²) < 4.78 is 0. The van der Waals surface area contributed by atoms with E-state index in [1.807, 2.05) is 37.2 Å². The van der Waals surface area contributed by atoms with Crippen molar-refractivity contribution in [3.8, 4) is 5.75 Å². The molecule has 4 N–H and O–H groups in total. The average molecular weight is 271 g/mol. The molecule has 0 heterocycles. The number of hydrogen-bond donors (Lipinski definition) is 3. The van der Waals surface area contributed by atoms with Gasteiger partial charge in [-0.25, -0.2) is 0 Å². The minimum absolute atomic E-state index is 0.151. The molecule has 0 aliphatic carbocycles. The Bertz CT molecular complexity index is 639. The van der Waals surface area contributed by atoms with Gasteiger partial charge in [0.05, 0.1) is 22.6 Å². The summed E-state index contributed by atoms with van der Waals surface area (Å²) in [5.41, 5.74) is 7.47. The summed E-state index contributed by atoms with van der Waals surface area (Å²) in [4.78, 5) is 14.1. The van der Waals surface area contributed by atoms with Crippen LogP contribution < -0.4 is 16.0 Å². The molecule has 0 bridgehead atoms. The highest BCUT2D eigenvalue weighted by Gasteiger charge is 2.14. The van der Waals surface area contributed by atoms with Crippen molar-refractivity contribution < 1.29 is 9.90 Å². The molecule has 5 nitrogen and oxygen atoms in total. The highest BCUT2D eigenvalue weighted by molar-refractivity contribution is 6.08. The van der Waals surface area contributed by atoms with Gasteiger partial charge in [-0.15, -0.1) is 0 Å². The predicted octanol–water partition coefficient (Wildman–Crippen LogP) is 2.29. The largest absolute Gasteiger partial charge is 0.505 e. The van der Waals surface area contributed by atoms with Gasteiger partial charge in [0.25, 0.3) is 5.91 Å². The van der Waals surface area contributed by atoms with Crippen molar-refractivity contribution in [3.05, 3.63) is 48.0 Å². The zero-order chi connectivity index (χ0) is 14.7. The van der Waals surface area contributed by atoms with Crippen LogP contribution in [-0.2, 0) is 0 Å². The number of phenols is 1. The molecule has 0 spiro atoms. The van der Waals surface area contributed by atoms with Gasteiger partial charge in [-0.3, -0.25) is 4.79 Å². The van der Waals surface area contributed by atoms with Crippen LogP contribution in [-0.4, -0.2) is 25.1 Å². The molecule has 104 valence electrons. The third-order valence-corrected chi connectivity index (χ3v) is 2.95. The Morgan fingerprint density at radius 3 is 2.55 bits per heavy atom. The number of nitrogen functional groups attached to an aromatic ring is 1. The first-order valence-corrected chi connectivity index (χ1v) is 6.16. The van der Waals surface area contributed by atoms with Gasteiger partial charge in [0, 0.05) is 14.1 Å². The first kappa shape index (κ1) is 13.7. The summed E-state index contributed by atoms with van der Waals surface area (Å²) in [6, 6.07) is 12.1. The van der Waals surface area contributed by atoms with Gasteiger partial charge < -0.3 is 21.1 Å². The van der Waals surface area contributed by atoms with Gasteiger partial charge in [0.2, 0.25) is 0 Å². The monoisotopic (exact) mass is 271 g/mol. The fraction of sp³-hybridized carbons (Fsp3) is 0.133. The molecule has 0 unspecified atom stereocenters. The van der Waals surface area contributed by atoms with Gasteiger partial charge >= 0.3 is 0 Å². The fourth-order valence-corrected chi connectivity index (χ4v) is 1.90. The van der Waals surface area contributed by atoms with E-state index in [4.69, 9.17) is 5.73 Å². The lowest BCUT2D eigenvalue weighted by atomic mass is 10.1. The summed E-state index contributed by atoms with van der Waals surface area (Å²) in [5, 5.41) is 12.6. The number of rotatable bonds is 3. The second-order valence-corrected chi connectivity index (χ2v) is 4.61. The van der Waals surface area contributed by atoms with E-state index in [1.165, 1.54) is 6.07 Å². The number of amides is 1. The molecule has 20 heavy (non-hydrogen) atoms. The molecule has 0 fully saturated rings. The second kappa shape index (κ2) is 5.52. The standard InChI is InChI=1S/C15H17N3O2/c1-18(2)13-9-4-3-8-12(13)17-15(20)10-6-5-7-11(16)14(10)19/h3-9,19H,16H2,1-2H3,(H,17,20). The van der Waals surface area contributed by atoms with E-state index in [9.17, 15) is 9.90 Å². The Kier molecular flexibility index (Phi) is 3.79. The Labute approximate surface area is 117 Å². The van der Waals surface area contributed by atoms with Crippen LogP contribution in [0.4, 0.5) is 17.1 Å². The maximum atomic E-state index is 12.2. The molecule has 0 atom stereocenters. The van der Waals surface area contributed by atoms with Crippen LogP contribution >= 0.6 is 0 Å². The molecule has 2 aromatic rings. The number of para-hydroxylation sites is 3. The van der Waals surface area contributed by atoms with Gasteiger partial charge in [0.1, 0.15) is 0 Å². The van der Waals surface area contributed by atoms with Crippen LogP contribution in [0, 0.1) is 0 Å². The van der Waals surface area contributed by atoms with Gasteiger partial charge in [-0.1, -0.05) is 18.2 Å². The van der Waals surface area contributed by atoms with Crippen LogP contribution in [0.25, 0.3) is 0 Å². The van der Waals surface area contributed by atoms with E-state index in [0.29, 0.717) is 5.69 Å². The van der Waals surface area contributed by atoms with Crippen molar-refractivity contribution in [2.45, 2.75) is 0 Å². The lowest BCUT2D eigenvalue weighted by Crippen LogP contribution is -2.17. The van der Waals surface area contributed by atoms with Crippen molar-refractivity contribution in [1.82, 2.24) is 0 Å². The molecule has 2 aromatic carbocycles. The van der Waals surface area contributed by atoms with Crippen LogP contribution in [0.3, 0.4) is 0 Å². The molecule has 0 saturated heterocycles. The lowest BCUT2D eigenvalue weighted by Gasteiger charge is -2.18. The number of hydrogen-bond acceptors (Lipinski definition) is 4. The summed E-state index contributed by atoms with van der Waals surface area (Å²) in [6.07, 6.45) is 0. The molecule has 0 aromatic heterocycles. The lowest BCUT2D eigenvalue weighted by molar-refractivity contribution is 0.102. The number of nitrogens with two attached hydrogens (primary N) is 1. The Balaban J connectivity index is 2.31. The van der Waals surface area contributed by atoms with Crippen molar-refractivity contribution in [2.24, 2.45) is 0 Å². The first-order valence-electron chi connectivity index (χ1n) is 6.16. The molecule has 2 rings (SSSR count). The molecular formula is C15H17N3O2. The van der Waals surface area contributed by atoms with E-state index in [-0.39, 0.29) is 17.0 Å². The molecule has 0 saturated carbocycles. The highest BCUT2D eigenvalue weighted by atomic mass is 16.3. The van der Waals surface area contributed by atoms with Crippen molar-refractivity contribution in [1.29, 1.82) is 0 Å². The average Bonchev–Trinajstić information content (AvgIpc) is 2.42. The molecular weight excluding hydrogens is 254 g/mol. The Morgan fingerprint density at radius 2 is 1.85 bits per heavy atom. The van der Waals surface area contributed by atoms with Crippen molar-refractivity contribution in [3.63, 3.8) is 0 Å². The van der Waals surface area contributed by atoms with E-state index >= 15 is 0 Å². The first-order chi connectivity index (χ1) is 9.50. The summed E-state index contributed by atoms with van der Waals surface area (Å²) in [7, 11) is 3.78. The molecule has 1 amide bonds. The number of nitrogens with zero attached hydrogens (tertiary/aromatic N) is 1. The highest BCUT2D eigenvalue weighted by Crippen LogP contribution is 2.28. The van der Waals surface area contributed by atoms with E-state index in [0.717, 1.165) is 5.69 Å². The van der Waals surface area contributed by atoms with Crippen LogP contribution in [0.15, 0.2) is 42.5 Å². The second-order valence-electron chi connectivity index (χ2n) is 4.61.